The molecule has 2 amide bonds. The molecule has 0 aromatic heterocycles. The predicted octanol–water partition coefficient (Wildman–Crippen LogP) is 1.81. The van der Waals surface area contributed by atoms with Gasteiger partial charge in [0, 0.05) is 12.5 Å². The highest BCUT2D eigenvalue weighted by Crippen LogP contribution is 2.29. The van der Waals surface area contributed by atoms with Crippen molar-refractivity contribution in [3.8, 4) is 0 Å². The van der Waals surface area contributed by atoms with Crippen molar-refractivity contribution >= 4 is 11.8 Å². The maximum Gasteiger partial charge on any atom is 0.249 e. The summed E-state index contributed by atoms with van der Waals surface area (Å²) in [6.07, 6.45) is 4.39. The Morgan fingerprint density at radius 1 is 1.12 bits per heavy atom. The van der Waals surface area contributed by atoms with E-state index >= 15 is 0 Å². The number of benzene rings is 1. The van der Waals surface area contributed by atoms with Crippen LogP contribution in [0, 0.1) is 5.92 Å². The smallest absolute Gasteiger partial charge is 0.249 e. The molecule has 130 valence electrons. The lowest BCUT2D eigenvalue weighted by Gasteiger charge is -2.21. The fraction of sp³-hybridized carbons (Fsp3) is 0.579. The third-order valence-electron chi connectivity index (χ3n) is 4.49. The maximum absolute atomic E-state index is 12.5. The fourth-order valence-electron chi connectivity index (χ4n) is 2.52. The Bertz CT molecular complexity index is 567. The van der Waals surface area contributed by atoms with Gasteiger partial charge in [-0.3, -0.25) is 9.59 Å². The summed E-state index contributed by atoms with van der Waals surface area (Å²) in [5.41, 5.74) is 1.03. The van der Waals surface area contributed by atoms with Gasteiger partial charge in [-0.05, 0) is 44.1 Å². The first-order valence-electron chi connectivity index (χ1n) is 8.88. The molecule has 0 bridgehead atoms. The molecule has 1 aromatic rings. The van der Waals surface area contributed by atoms with Gasteiger partial charge in [0.2, 0.25) is 11.8 Å². The van der Waals surface area contributed by atoms with E-state index in [-0.39, 0.29) is 17.9 Å². The van der Waals surface area contributed by atoms with Crippen molar-refractivity contribution in [2.75, 3.05) is 6.61 Å². The number of rotatable bonds is 9. The molecule has 2 aliphatic carbocycles. The van der Waals surface area contributed by atoms with Crippen LogP contribution in [0.3, 0.4) is 0 Å². The molecule has 5 heteroatoms. The van der Waals surface area contributed by atoms with Gasteiger partial charge in [-0.15, -0.1) is 0 Å². The minimum atomic E-state index is -0.563. The second kappa shape index (κ2) is 7.79. The minimum absolute atomic E-state index is 0.107. The molecule has 2 saturated carbocycles. The van der Waals surface area contributed by atoms with Crippen molar-refractivity contribution in [2.24, 2.45) is 5.92 Å². The zero-order chi connectivity index (χ0) is 16.9. The second-order valence-electron chi connectivity index (χ2n) is 6.95. The van der Waals surface area contributed by atoms with Crippen LogP contribution in [0.4, 0.5) is 0 Å². The van der Waals surface area contributed by atoms with Crippen LogP contribution in [0.15, 0.2) is 30.3 Å². The Morgan fingerprint density at radius 2 is 1.83 bits per heavy atom. The van der Waals surface area contributed by atoms with E-state index in [1.165, 1.54) is 12.8 Å². The first-order valence-corrected chi connectivity index (χ1v) is 8.88. The fourth-order valence-corrected chi connectivity index (χ4v) is 2.52. The van der Waals surface area contributed by atoms with Crippen LogP contribution >= 0.6 is 0 Å². The number of carbonyl (C=O) groups is 2. The van der Waals surface area contributed by atoms with E-state index in [0.717, 1.165) is 18.4 Å². The lowest BCUT2D eigenvalue weighted by atomic mass is 10.0. The van der Waals surface area contributed by atoms with Crippen molar-refractivity contribution in [1.29, 1.82) is 0 Å². The topological polar surface area (TPSA) is 67.4 Å². The average molecular weight is 330 g/mol. The normalized spacial score (nSPS) is 19.4. The standard InChI is InChI=1S/C19H26N2O3/c1-13(24-12-15-7-8-15)18(22)21-17(19(23)20-16-9-10-16)11-14-5-3-2-4-6-14/h2-6,13,15-17H,7-12H2,1H3,(H,20,23)(H,21,22)/t13-,17-/m1/s1. The summed E-state index contributed by atoms with van der Waals surface area (Å²) in [4.78, 5) is 24.8. The van der Waals surface area contributed by atoms with Crippen LogP contribution in [0.1, 0.15) is 38.2 Å². The Balaban J connectivity index is 1.56. The molecule has 5 nitrogen and oxygen atoms in total. The van der Waals surface area contributed by atoms with Gasteiger partial charge in [-0.1, -0.05) is 30.3 Å². The molecule has 2 N–H and O–H groups in total. The highest BCUT2D eigenvalue weighted by Gasteiger charge is 2.30. The Hall–Kier alpha value is -1.88. The summed E-state index contributed by atoms with van der Waals surface area (Å²) in [6.45, 7) is 2.38. The second-order valence-corrected chi connectivity index (χ2v) is 6.95. The zero-order valence-electron chi connectivity index (χ0n) is 14.2. The minimum Gasteiger partial charge on any atom is -0.368 e. The first kappa shape index (κ1) is 17.0. The van der Waals surface area contributed by atoms with Crippen LogP contribution in [0.5, 0.6) is 0 Å². The number of amides is 2. The first-order chi connectivity index (χ1) is 11.6. The third kappa shape index (κ3) is 5.34. The van der Waals surface area contributed by atoms with E-state index in [1.54, 1.807) is 6.92 Å². The maximum atomic E-state index is 12.5. The summed E-state index contributed by atoms with van der Waals surface area (Å²) < 4.78 is 5.61. The third-order valence-corrected chi connectivity index (χ3v) is 4.49. The average Bonchev–Trinajstić information content (AvgIpc) is 3.48. The predicted molar refractivity (Wildman–Crippen MR) is 91.4 cm³/mol. The molecule has 0 aliphatic heterocycles. The number of hydrogen-bond donors (Lipinski definition) is 2. The van der Waals surface area contributed by atoms with Gasteiger partial charge in [0.05, 0.1) is 6.61 Å². The molecule has 0 radical (unpaired) electrons. The van der Waals surface area contributed by atoms with Gasteiger partial charge in [0.15, 0.2) is 0 Å². The van der Waals surface area contributed by atoms with E-state index in [1.807, 2.05) is 30.3 Å². The van der Waals surface area contributed by atoms with Crippen molar-refractivity contribution in [3.63, 3.8) is 0 Å². The van der Waals surface area contributed by atoms with Crippen LogP contribution in [0.2, 0.25) is 0 Å². The summed E-state index contributed by atoms with van der Waals surface area (Å²) >= 11 is 0. The number of ether oxygens (including phenoxy) is 1. The highest BCUT2D eigenvalue weighted by molar-refractivity contribution is 5.89. The van der Waals surface area contributed by atoms with Crippen LogP contribution in [-0.2, 0) is 20.7 Å². The molecule has 24 heavy (non-hydrogen) atoms. The van der Waals surface area contributed by atoms with E-state index in [4.69, 9.17) is 4.74 Å². The molecule has 3 rings (SSSR count). The summed E-state index contributed by atoms with van der Waals surface area (Å²) in [5.74, 6) is 0.283. The molecule has 0 unspecified atom stereocenters. The Labute approximate surface area is 143 Å². The Morgan fingerprint density at radius 3 is 2.46 bits per heavy atom. The molecular weight excluding hydrogens is 304 g/mol. The van der Waals surface area contributed by atoms with E-state index < -0.39 is 12.1 Å². The van der Waals surface area contributed by atoms with Gasteiger partial charge in [-0.25, -0.2) is 0 Å². The van der Waals surface area contributed by atoms with Gasteiger partial charge >= 0.3 is 0 Å². The Kier molecular flexibility index (Phi) is 5.51. The number of hydrogen-bond acceptors (Lipinski definition) is 3. The van der Waals surface area contributed by atoms with Gasteiger partial charge in [0.1, 0.15) is 12.1 Å². The van der Waals surface area contributed by atoms with E-state index in [2.05, 4.69) is 10.6 Å². The molecule has 0 spiro atoms. The van der Waals surface area contributed by atoms with Gasteiger partial charge in [0.25, 0.3) is 0 Å². The number of nitrogens with one attached hydrogen (secondary N) is 2. The molecule has 0 saturated heterocycles. The van der Waals surface area contributed by atoms with Crippen LogP contribution in [-0.4, -0.2) is 36.6 Å². The van der Waals surface area contributed by atoms with Crippen molar-refractivity contribution in [1.82, 2.24) is 10.6 Å². The van der Waals surface area contributed by atoms with Gasteiger partial charge < -0.3 is 15.4 Å². The highest BCUT2D eigenvalue weighted by atomic mass is 16.5. The largest absolute Gasteiger partial charge is 0.368 e. The monoisotopic (exact) mass is 330 g/mol. The number of carbonyl (C=O) groups excluding carboxylic acids is 2. The van der Waals surface area contributed by atoms with Crippen molar-refractivity contribution in [2.45, 2.75) is 57.2 Å². The molecule has 2 atom stereocenters. The SMILES string of the molecule is C[C@@H](OCC1CC1)C(=O)N[C@H](Cc1ccccc1)C(=O)NC1CC1. The van der Waals surface area contributed by atoms with Crippen molar-refractivity contribution < 1.29 is 14.3 Å². The molecule has 2 fully saturated rings. The molecule has 1 aromatic carbocycles. The summed E-state index contributed by atoms with van der Waals surface area (Å²) in [5, 5.41) is 5.85. The zero-order valence-corrected chi connectivity index (χ0v) is 14.2. The van der Waals surface area contributed by atoms with Crippen LogP contribution in [0.25, 0.3) is 0 Å². The lowest BCUT2D eigenvalue weighted by molar-refractivity contribution is -0.136. The molecular formula is C19H26N2O3. The summed E-state index contributed by atoms with van der Waals surface area (Å²) in [7, 11) is 0. The van der Waals surface area contributed by atoms with E-state index in [9.17, 15) is 9.59 Å². The molecule has 2 aliphatic rings. The summed E-state index contributed by atoms with van der Waals surface area (Å²) in [6, 6.07) is 9.47. The van der Waals surface area contributed by atoms with E-state index in [0.29, 0.717) is 18.9 Å². The lowest BCUT2D eigenvalue weighted by Crippen LogP contribution is -2.51. The van der Waals surface area contributed by atoms with Gasteiger partial charge in [-0.2, -0.15) is 0 Å². The molecule has 0 heterocycles. The van der Waals surface area contributed by atoms with Crippen LogP contribution < -0.4 is 10.6 Å². The van der Waals surface area contributed by atoms with Crippen molar-refractivity contribution in [3.05, 3.63) is 35.9 Å². The quantitative estimate of drug-likeness (QED) is 0.726.